The number of carbonyl (C=O) groups excluding carboxylic acids is 1. The molecule has 3 rings (SSSR count). The lowest BCUT2D eigenvalue weighted by molar-refractivity contribution is -0.270. The van der Waals surface area contributed by atoms with E-state index >= 15 is 0 Å². The molecule has 2 aliphatic heterocycles. The van der Waals surface area contributed by atoms with Gasteiger partial charge in [0.1, 0.15) is 12.2 Å². The van der Waals surface area contributed by atoms with E-state index in [9.17, 15) is 27.5 Å². The largest absolute Gasteiger partial charge is 0.530 e. The second-order valence-corrected chi connectivity index (χ2v) is 6.44. The third-order valence-electron chi connectivity index (χ3n) is 4.52. The number of nitrogens with zero attached hydrogens (tertiary/aromatic N) is 1. The molecule has 9 heteroatoms. The van der Waals surface area contributed by atoms with Gasteiger partial charge in [-0.1, -0.05) is 11.6 Å². The zero-order valence-electron chi connectivity index (χ0n) is 12.3. The molecule has 1 amide bonds. The maximum absolute atomic E-state index is 14.0. The van der Waals surface area contributed by atoms with Crippen LogP contribution in [0.2, 0.25) is 5.02 Å². The number of rotatable bonds is 2. The lowest BCUT2D eigenvalue weighted by Crippen LogP contribution is -2.53. The summed E-state index contributed by atoms with van der Waals surface area (Å²) in [6, 6.07) is 0.451. The molecule has 0 aromatic heterocycles. The molecule has 2 aliphatic rings. The van der Waals surface area contributed by atoms with Gasteiger partial charge in [-0.15, -0.1) is 0 Å². The van der Waals surface area contributed by atoms with Crippen LogP contribution in [0.15, 0.2) is 12.1 Å². The number of amides is 1. The van der Waals surface area contributed by atoms with Crippen LogP contribution in [0.25, 0.3) is 0 Å². The first-order valence-corrected chi connectivity index (χ1v) is 7.77. The van der Waals surface area contributed by atoms with Crippen molar-refractivity contribution in [2.75, 3.05) is 0 Å². The highest BCUT2D eigenvalue weighted by atomic mass is 35.5. The molecule has 2 unspecified atom stereocenters. The van der Waals surface area contributed by atoms with Crippen LogP contribution in [-0.4, -0.2) is 29.2 Å². The Bertz CT molecular complexity index is 653. The molecule has 132 valence electrons. The minimum Gasteiger partial charge on any atom is -0.530 e. The Hall–Kier alpha value is -1.70. The highest BCUT2D eigenvalue weighted by Gasteiger charge is 2.42. The Morgan fingerprint density at radius 3 is 2.33 bits per heavy atom. The molecule has 2 atom stereocenters. The standard InChI is InChI=1S/C15H14ClF4NO3/c16-11-3-7(15(18,19)20)4-12(13(11)17)24-10-5-8-1-2-9(6-10)21(8)14(22)23/h3-4,8-10H,1-2,5-6H2,(H,22,23)/p-1. The molecule has 24 heavy (non-hydrogen) atoms. The SMILES string of the molecule is O=C([O-])N1C2CCC1CC(Oc1cc(C(F)(F)F)cc(Cl)c1F)C2. The molecule has 2 saturated heterocycles. The van der Waals surface area contributed by atoms with E-state index in [1.807, 2.05) is 0 Å². The van der Waals surface area contributed by atoms with E-state index in [1.165, 1.54) is 4.90 Å². The molecule has 2 fully saturated rings. The summed E-state index contributed by atoms with van der Waals surface area (Å²) in [4.78, 5) is 12.4. The molecule has 1 aromatic rings. The van der Waals surface area contributed by atoms with E-state index in [0.29, 0.717) is 25.0 Å². The fourth-order valence-corrected chi connectivity index (χ4v) is 3.72. The normalized spacial score (nSPS) is 26.5. The van der Waals surface area contributed by atoms with Gasteiger partial charge in [-0.05, 0) is 25.0 Å². The summed E-state index contributed by atoms with van der Waals surface area (Å²) in [6.45, 7) is 0. The number of carbonyl (C=O) groups is 1. The van der Waals surface area contributed by atoms with E-state index in [0.717, 1.165) is 0 Å². The second-order valence-electron chi connectivity index (χ2n) is 6.04. The Labute approximate surface area is 139 Å². The molecule has 4 nitrogen and oxygen atoms in total. The molecule has 0 saturated carbocycles. The lowest BCUT2D eigenvalue weighted by Gasteiger charge is -2.40. The maximum Gasteiger partial charge on any atom is 0.416 e. The lowest BCUT2D eigenvalue weighted by atomic mass is 10.00. The minimum absolute atomic E-state index is 0.276. The molecule has 0 radical (unpaired) electrons. The van der Waals surface area contributed by atoms with Gasteiger partial charge in [0.05, 0.1) is 10.6 Å². The van der Waals surface area contributed by atoms with Crippen LogP contribution in [-0.2, 0) is 6.18 Å². The number of carboxylic acid groups (broad SMARTS) is 1. The van der Waals surface area contributed by atoms with Crippen LogP contribution in [0.5, 0.6) is 5.75 Å². The summed E-state index contributed by atoms with van der Waals surface area (Å²) in [7, 11) is 0. The van der Waals surface area contributed by atoms with E-state index < -0.39 is 40.5 Å². The Morgan fingerprint density at radius 1 is 1.25 bits per heavy atom. The average molecular weight is 367 g/mol. The number of benzene rings is 1. The second kappa shape index (κ2) is 5.98. The first-order chi connectivity index (χ1) is 11.2. The minimum atomic E-state index is -4.67. The van der Waals surface area contributed by atoms with Crippen molar-refractivity contribution in [3.05, 3.63) is 28.5 Å². The van der Waals surface area contributed by atoms with Gasteiger partial charge in [0, 0.05) is 24.9 Å². The van der Waals surface area contributed by atoms with Crippen molar-refractivity contribution in [3.8, 4) is 5.75 Å². The number of halogens is 5. The topological polar surface area (TPSA) is 52.6 Å². The number of ether oxygens (including phenoxy) is 1. The first-order valence-electron chi connectivity index (χ1n) is 7.39. The van der Waals surface area contributed by atoms with Crippen molar-refractivity contribution in [2.24, 2.45) is 0 Å². The molecule has 2 bridgehead atoms. The van der Waals surface area contributed by atoms with Crippen LogP contribution in [0.4, 0.5) is 22.4 Å². The maximum atomic E-state index is 14.0. The molecule has 0 spiro atoms. The fraction of sp³-hybridized carbons (Fsp3) is 0.533. The first kappa shape index (κ1) is 17.1. The molecule has 0 N–H and O–H groups in total. The van der Waals surface area contributed by atoms with Crippen LogP contribution in [0, 0.1) is 5.82 Å². The summed E-state index contributed by atoms with van der Waals surface area (Å²) in [5, 5.41) is 10.4. The summed E-state index contributed by atoms with van der Waals surface area (Å²) in [5.74, 6) is -1.62. The van der Waals surface area contributed by atoms with Gasteiger partial charge < -0.3 is 19.5 Å². The third-order valence-corrected chi connectivity index (χ3v) is 4.79. The van der Waals surface area contributed by atoms with Gasteiger partial charge in [0.25, 0.3) is 0 Å². The predicted octanol–water partition coefficient (Wildman–Crippen LogP) is 3.22. The quantitative estimate of drug-likeness (QED) is 0.755. The number of alkyl halides is 3. The van der Waals surface area contributed by atoms with E-state index in [1.54, 1.807) is 0 Å². The van der Waals surface area contributed by atoms with Crippen molar-refractivity contribution >= 4 is 17.7 Å². The van der Waals surface area contributed by atoms with Crippen LogP contribution in [0.1, 0.15) is 31.2 Å². The van der Waals surface area contributed by atoms with E-state index in [4.69, 9.17) is 16.3 Å². The Kier molecular flexibility index (Phi) is 4.27. The van der Waals surface area contributed by atoms with Gasteiger partial charge in [-0.2, -0.15) is 13.2 Å². The molecular weight excluding hydrogens is 354 g/mol. The van der Waals surface area contributed by atoms with Gasteiger partial charge in [0.2, 0.25) is 0 Å². The van der Waals surface area contributed by atoms with Gasteiger partial charge in [-0.25, -0.2) is 4.39 Å². The van der Waals surface area contributed by atoms with Crippen LogP contribution >= 0.6 is 11.6 Å². The Morgan fingerprint density at radius 2 is 1.83 bits per heavy atom. The van der Waals surface area contributed by atoms with Gasteiger partial charge in [-0.3, -0.25) is 0 Å². The summed E-state index contributed by atoms with van der Waals surface area (Å²) < 4.78 is 57.9. The van der Waals surface area contributed by atoms with Crippen molar-refractivity contribution < 1.29 is 32.2 Å². The summed E-state index contributed by atoms with van der Waals surface area (Å²) in [5.41, 5.74) is -1.10. The zero-order valence-corrected chi connectivity index (χ0v) is 13.0. The van der Waals surface area contributed by atoms with Gasteiger partial charge >= 0.3 is 6.18 Å². The van der Waals surface area contributed by atoms with Crippen molar-refractivity contribution in [1.82, 2.24) is 4.90 Å². The number of hydrogen-bond acceptors (Lipinski definition) is 3. The van der Waals surface area contributed by atoms with Crippen molar-refractivity contribution in [2.45, 2.75) is 50.0 Å². The third kappa shape index (κ3) is 3.11. The summed E-state index contributed by atoms with van der Waals surface area (Å²) >= 11 is 5.53. The van der Waals surface area contributed by atoms with Crippen LogP contribution in [0.3, 0.4) is 0 Å². The van der Waals surface area contributed by atoms with Crippen molar-refractivity contribution in [1.29, 1.82) is 0 Å². The smallest absolute Gasteiger partial charge is 0.416 e. The predicted molar refractivity (Wildman–Crippen MR) is 74.1 cm³/mol. The highest BCUT2D eigenvalue weighted by molar-refractivity contribution is 6.31. The van der Waals surface area contributed by atoms with Crippen LogP contribution < -0.4 is 9.84 Å². The number of piperidine rings is 1. The average Bonchev–Trinajstić information content (AvgIpc) is 2.74. The van der Waals surface area contributed by atoms with Gasteiger partial charge in [0.15, 0.2) is 11.6 Å². The summed E-state index contributed by atoms with van der Waals surface area (Å²) in [6.07, 6.45) is -4.71. The molecule has 0 aliphatic carbocycles. The monoisotopic (exact) mass is 366 g/mol. The zero-order chi connectivity index (χ0) is 17.6. The Balaban J connectivity index is 1.80. The molecule has 1 aromatic carbocycles. The number of fused-ring (bicyclic) bond motifs is 2. The fourth-order valence-electron chi connectivity index (χ4n) is 3.51. The number of hydrogen-bond donors (Lipinski definition) is 0. The van der Waals surface area contributed by atoms with E-state index in [-0.39, 0.29) is 24.9 Å². The highest BCUT2D eigenvalue weighted by Crippen LogP contribution is 2.40. The molecule has 2 heterocycles. The van der Waals surface area contributed by atoms with Crippen molar-refractivity contribution in [3.63, 3.8) is 0 Å². The molecular formula is C15H13ClF4NO3-. The van der Waals surface area contributed by atoms with E-state index in [2.05, 4.69) is 0 Å².